The smallest absolute Gasteiger partial charge is 0.373 e. The molecule has 9 nitrogen and oxygen atoms in total. The quantitative estimate of drug-likeness (QED) is 0.456. The maximum absolute atomic E-state index is 11.6. The highest BCUT2D eigenvalue weighted by atomic mass is 16.6. The average molecular weight is 358 g/mol. The number of esters is 1. The average Bonchev–Trinajstić information content (AvgIpc) is 2.68. The number of hydrogen-bond donors (Lipinski definition) is 0. The molecule has 26 heavy (non-hydrogen) atoms. The monoisotopic (exact) mass is 358 g/mol. The first-order valence-corrected chi connectivity index (χ1v) is 8.15. The van der Waals surface area contributed by atoms with E-state index in [4.69, 9.17) is 9.47 Å². The number of benzene rings is 1. The third-order valence-electron chi connectivity index (χ3n) is 4.24. The second-order valence-electron chi connectivity index (χ2n) is 5.81. The molecule has 0 radical (unpaired) electrons. The van der Waals surface area contributed by atoms with Crippen molar-refractivity contribution in [2.24, 2.45) is 5.92 Å². The van der Waals surface area contributed by atoms with Crippen LogP contribution in [0.15, 0.2) is 36.7 Å². The molecule has 0 aliphatic carbocycles. The van der Waals surface area contributed by atoms with Gasteiger partial charge in [-0.25, -0.2) is 4.98 Å². The molecule has 0 spiro atoms. The Morgan fingerprint density at radius 1 is 1.23 bits per heavy atom. The molecular weight excluding hydrogens is 340 g/mol. The van der Waals surface area contributed by atoms with Crippen molar-refractivity contribution in [1.29, 1.82) is 0 Å². The van der Waals surface area contributed by atoms with Gasteiger partial charge in [-0.15, -0.1) is 0 Å². The summed E-state index contributed by atoms with van der Waals surface area (Å²) in [6.07, 6.45) is 2.33. The summed E-state index contributed by atoms with van der Waals surface area (Å²) in [7, 11) is 1.36. The SMILES string of the molecule is COC(=O)C1CCN(c2ncnc(Oc3ccccc3)c2[N+](=O)[O-])CC1. The number of nitrogens with zero attached hydrogens (tertiary/aromatic N) is 4. The topological polar surface area (TPSA) is 108 Å². The Morgan fingerprint density at radius 2 is 1.92 bits per heavy atom. The van der Waals surface area contributed by atoms with Gasteiger partial charge in [-0.2, -0.15) is 4.98 Å². The van der Waals surface area contributed by atoms with Gasteiger partial charge in [-0.05, 0) is 25.0 Å². The Labute approximate surface area is 149 Å². The third kappa shape index (κ3) is 3.71. The molecule has 136 valence electrons. The number of methoxy groups -OCH3 is 1. The highest BCUT2D eigenvalue weighted by Gasteiger charge is 2.32. The van der Waals surface area contributed by atoms with Gasteiger partial charge in [0.05, 0.1) is 18.0 Å². The van der Waals surface area contributed by atoms with E-state index in [2.05, 4.69) is 9.97 Å². The first-order chi connectivity index (χ1) is 12.6. The normalized spacial score (nSPS) is 14.7. The molecule has 2 aromatic rings. The number of piperidine rings is 1. The first kappa shape index (κ1) is 17.6. The highest BCUT2D eigenvalue weighted by molar-refractivity contribution is 5.73. The van der Waals surface area contributed by atoms with Gasteiger partial charge in [0.25, 0.3) is 0 Å². The largest absolute Gasteiger partial charge is 0.469 e. The Morgan fingerprint density at radius 3 is 2.54 bits per heavy atom. The fraction of sp³-hybridized carbons (Fsp3) is 0.353. The third-order valence-corrected chi connectivity index (χ3v) is 4.24. The minimum absolute atomic E-state index is 0.110. The molecule has 1 fully saturated rings. The van der Waals surface area contributed by atoms with Crippen molar-refractivity contribution in [3.63, 3.8) is 0 Å². The van der Waals surface area contributed by atoms with Gasteiger partial charge in [-0.3, -0.25) is 14.9 Å². The zero-order chi connectivity index (χ0) is 18.5. The number of anilines is 1. The van der Waals surface area contributed by atoms with Crippen molar-refractivity contribution in [1.82, 2.24) is 9.97 Å². The summed E-state index contributed by atoms with van der Waals surface area (Å²) >= 11 is 0. The summed E-state index contributed by atoms with van der Waals surface area (Å²) in [6, 6.07) is 8.72. The van der Waals surface area contributed by atoms with E-state index in [1.807, 2.05) is 6.07 Å². The lowest BCUT2D eigenvalue weighted by atomic mass is 9.97. The number of rotatable bonds is 5. The van der Waals surface area contributed by atoms with Gasteiger partial charge >= 0.3 is 17.5 Å². The molecule has 2 heterocycles. The van der Waals surface area contributed by atoms with Crippen LogP contribution in [-0.2, 0) is 9.53 Å². The summed E-state index contributed by atoms with van der Waals surface area (Å²) in [6.45, 7) is 0.921. The molecular formula is C17H18N4O5. The lowest BCUT2D eigenvalue weighted by Gasteiger charge is -2.31. The van der Waals surface area contributed by atoms with Gasteiger partial charge in [0.15, 0.2) is 0 Å². The standard InChI is InChI=1S/C17H18N4O5/c1-25-17(22)12-7-9-20(10-8-12)15-14(21(23)24)16(19-11-18-15)26-13-5-3-2-4-6-13/h2-6,11-12H,7-10H2,1H3. The van der Waals surface area contributed by atoms with E-state index in [0.29, 0.717) is 31.7 Å². The number of nitro groups is 1. The molecule has 1 aliphatic heterocycles. The molecule has 0 saturated carbocycles. The van der Waals surface area contributed by atoms with Crippen LogP contribution < -0.4 is 9.64 Å². The van der Waals surface area contributed by atoms with Crippen LogP contribution >= 0.6 is 0 Å². The Kier molecular flexibility index (Phi) is 5.26. The molecule has 0 N–H and O–H groups in total. The summed E-state index contributed by atoms with van der Waals surface area (Å²) in [5.41, 5.74) is -0.284. The number of carbonyl (C=O) groups is 1. The number of hydrogen-bond acceptors (Lipinski definition) is 8. The van der Waals surface area contributed by atoms with E-state index in [9.17, 15) is 14.9 Å². The van der Waals surface area contributed by atoms with Crippen LogP contribution in [0.3, 0.4) is 0 Å². The molecule has 1 aromatic heterocycles. The Balaban J connectivity index is 1.85. The minimum Gasteiger partial charge on any atom is -0.469 e. The van der Waals surface area contributed by atoms with Crippen LogP contribution in [0.1, 0.15) is 12.8 Å². The van der Waals surface area contributed by atoms with E-state index in [0.717, 1.165) is 0 Å². The highest BCUT2D eigenvalue weighted by Crippen LogP contribution is 2.37. The predicted octanol–water partition coefficient (Wildman–Crippen LogP) is 2.57. The van der Waals surface area contributed by atoms with Gasteiger partial charge in [0, 0.05) is 13.1 Å². The summed E-state index contributed by atoms with van der Waals surface area (Å²) < 4.78 is 10.4. The Hall–Kier alpha value is -3.23. The maximum Gasteiger partial charge on any atom is 0.373 e. The summed E-state index contributed by atoms with van der Waals surface area (Å²) in [5.74, 6) is 0.0808. The van der Waals surface area contributed by atoms with Gasteiger partial charge in [0.1, 0.15) is 12.1 Å². The van der Waals surface area contributed by atoms with E-state index in [1.54, 1.807) is 29.2 Å². The number of para-hydroxylation sites is 1. The van der Waals surface area contributed by atoms with Crippen LogP contribution in [0.5, 0.6) is 11.6 Å². The van der Waals surface area contributed by atoms with Crippen LogP contribution in [0, 0.1) is 16.0 Å². The number of ether oxygens (including phenoxy) is 2. The lowest BCUT2D eigenvalue weighted by Crippen LogP contribution is -2.37. The molecule has 0 bridgehead atoms. The summed E-state index contributed by atoms with van der Waals surface area (Å²) in [4.78, 5) is 32.5. The van der Waals surface area contributed by atoms with Crippen molar-refractivity contribution < 1.29 is 19.2 Å². The zero-order valence-corrected chi connectivity index (χ0v) is 14.2. The van der Waals surface area contributed by atoms with E-state index < -0.39 is 4.92 Å². The predicted molar refractivity (Wildman–Crippen MR) is 92.2 cm³/mol. The van der Waals surface area contributed by atoms with Gasteiger partial charge < -0.3 is 14.4 Å². The van der Waals surface area contributed by atoms with Crippen molar-refractivity contribution in [2.75, 3.05) is 25.1 Å². The second kappa shape index (κ2) is 7.77. The molecule has 0 amide bonds. The molecule has 3 rings (SSSR count). The first-order valence-electron chi connectivity index (χ1n) is 8.15. The van der Waals surface area contributed by atoms with Crippen molar-refractivity contribution in [2.45, 2.75) is 12.8 Å². The lowest BCUT2D eigenvalue weighted by molar-refractivity contribution is -0.385. The fourth-order valence-electron chi connectivity index (χ4n) is 2.91. The molecule has 9 heteroatoms. The molecule has 1 aromatic carbocycles. The van der Waals surface area contributed by atoms with Crippen LogP contribution in [-0.4, -0.2) is 41.1 Å². The molecule has 0 unspecified atom stereocenters. The van der Waals surface area contributed by atoms with Crippen LogP contribution in [0.25, 0.3) is 0 Å². The maximum atomic E-state index is 11.6. The van der Waals surface area contributed by atoms with E-state index in [1.165, 1.54) is 13.4 Å². The van der Waals surface area contributed by atoms with E-state index >= 15 is 0 Å². The molecule has 1 saturated heterocycles. The van der Waals surface area contributed by atoms with E-state index in [-0.39, 0.29) is 29.3 Å². The zero-order valence-electron chi connectivity index (χ0n) is 14.2. The van der Waals surface area contributed by atoms with Crippen LogP contribution in [0.4, 0.5) is 11.5 Å². The second-order valence-corrected chi connectivity index (χ2v) is 5.81. The molecule has 0 atom stereocenters. The van der Waals surface area contributed by atoms with Crippen molar-refractivity contribution in [3.05, 3.63) is 46.8 Å². The van der Waals surface area contributed by atoms with Gasteiger partial charge in [0.2, 0.25) is 5.82 Å². The number of carbonyl (C=O) groups excluding carboxylic acids is 1. The minimum atomic E-state index is -0.542. The summed E-state index contributed by atoms with van der Waals surface area (Å²) in [5, 5.41) is 11.6. The van der Waals surface area contributed by atoms with Gasteiger partial charge in [-0.1, -0.05) is 18.2 Å². The molecule has 1 aliphatic rings. The number of aromatic nitrogens is 2. The fourth-order valence-corrected chi connectivity index (χ4v) is 2.91. The van der Waals surface area contributed by atoms with Crippen LogP contribution in [0.2, 0.25) is 0 Å². The van der Waals surface area contributed by atoms with Crippen molar-refractivity contribution >= 4 is 17.5 Å². The Bertz CT molecular complexity index is 791. The van der Waals surface area contributed by atoms with Crippen molar-refractivity contribution in [3.8, 4) is 11.6 Å².